The van der Waals surface area contributed by atoms with Gasteiger partial charge in [-0.1, -0.05) is 200 Å². The number of benzene rings is 12. The molecule has 0 saturated heterocycles. The summed E-state index contributed by atoms with van der Waals surface area (Å²) in [5, 5.41) is 10.3. The van der Waals surface area contributed by atoms with Gasteiger partial charge in [-0.25, -0.2) is 0 Å². The molecule has 332 valence electrons. The highest BCUT2D eigenvalue weighted by Crippen LogP contribution is 2.43. The number of para-hydroxylation sites is 3. The van der Waals surface area contributed by atoms with Crippen LogP contribution >= 0.6 is 11.3 Å². The summed E-state index contributed by atoms with van der Waals surface area (Å²) in [6.07, 6.45) is 0. The van der Waals surface area contributed by atoms with E-state index in [1.807, 2.05) is 11.3 Å². The van der Waals surface area contributed by atoms with Gasteiger partial charge in [0.1, 0.15) is 0 Å². The average molecular weight is 921 g/mol. The minimum Gasteiger partial charge on any atom is -0.311 e. The zero-order chi connectivity index (χ0) is 46.8. The van der Waals surface area contributed by atoms with Gasteiger partial charge in [0.15, 0.2) is 0 Å². The Morgan fingerprint density at radius 3 is 1.45 bits per heavy atom. The van der Waals surface area contributed by atoms with Crippen molar-refractivity contribution in [2.75, 3.05) is 4.90 Å². The highest BCUT2D eigenvalue weighted by atomic mass is 32.1. The number of fused-ring (bicyclic) bond motifs is 9. The Bertz CT molecular complexity index is 4270. The predicted octanol–water partition coefficient (Wildman–Crippen LogP) is 19.6. The van der Waals surface area contributed by atoms with E-state index in [1.54, 1.807) is 0 Å². The molecule has 0 radical (unpaired) electrons. The fourth-order valence-corrected chi connectivity index (χ4v) is 12.2. The number of hydrogen-bond acceptors (Lipinski definition) is 2. The number of rotatable bonds is 8. The van der Waals surface area contributed by atoms with Gasteiger partial charge in [0, 0.05) is 53.6 Å². The van der Waals surface area contributed by atoms with Gasteiger partial charge >= 0.3 is 0 Å². The molecule has 3 heteroatoms. The van der Waals surface area contributed by atoms with Gasteiger partial charge in [-0.05, 0) is 127 Å². The molecule has 71 heavy (non-hydrogen) atoms. The highest BCUT2D eigenvalue weighted by Gasteiger charge is 2.18. The number of aromatic nitrogens is 1. The number of thiophene rings is 1. The second-order valence-electron chi connectivity index (χ2n) is 18.4. The molecule has 0 atom stereocenters. The summed E-state index contributed by atoms with van der Waals surface area (Å²) >= 11 is 1.89. The largest absolute Gasteiger partial charge is 0.311 e. The lowest BCUT2D eigenvalue weighted by Crippen LogP contribution is -2.09. The molecule has 0 saturated carbocycles. The lowest BCUT2D eigenvalue weighted by molar-refractivity contribution is 1.18. The van der Waals surface area contributed by atoms with Gasteiger partial charge in [-0.15, -0.1) is 11.3 Å². The van der Waals surface area contributed by atoms with Crippen molar-refractivity contribution in [3.05, 3.63) is 267 Å². The van der Waals surface area contributed by atoms with E-state index in [0.29, 0.717) is 0 Å². The summed E-state index contributed by atoms with van der Waals surface area (Å²) in [5.41, 5.74) is 16.4. The molecule has 0 aliphatic carbocycles. The quantitative estimate of drug-likeness (QED) is 0.147. The molecule has 0 unspecified atom stereocenters. The van der Waals surface area contributed by atoms with Crippen LogP contribution in [0, 0.1) is 0 Å². The fourth-order valence-electron chi connectivity index (χ4n) is 11.0. The molecule has 2 heterocycles. The predicted molar refractivity (Wildman–Crippen MR) is 305 cm³/mol. The minimum atomic E-state index is 1.08. The topological polar surface area (TPSA) is 8.17 Å². The summed E-state index contributed by atoms with van der Waals surface area (Å²) in [6, 6.07) is 97.8. The van der Waals surface area contributed by atoms with Crippen LogP contribution in [0.2, 0.25) is 0 Å². The van der Waals surface area contributed by atoms with Crippen molar-refractivity contribution in [2.45, 2.75) is 0 Å². The maximum absolute atomic E-state index is 2.42. The van der Waals surface area contributed by atoms with E-state index in [-0.39, 0.29) is 0 Å². The smallest absolute Gasteiger partial charge is 0.0541 e. The third-order valence-corrected chi connectivity index (χ3v) is 15.6. The fraction of sp³-hybridized carbons (Fsp3) is 0. The molecule has 0 amide bonds. The molecule has 0 fully saturated rings. The van der Waals surface area contributed by atoms with E-state index in [2.05, 4.69) is 276 Å². The van der Waals surface area contributed by atoms with Crippen molar-refractivity contribution in [3.63, 3.8) is 0 Å². The molecule has 2 nitrogen and oxygen atoms in total. The Hall–Kier alpha value is -9.02. The van der Waals surface area contributed by atoms with Gasteiger partial charge in [0.2, 0.25) is 0 Å². The van der Waals surface area contributed by atoms with Crippen molar-refractivity contribution < 1.29 is 0 Å². The molecular weight excluding hydrogens is 877 g/mol. The molecule has 2 aromatic heterocycles. The van der Waals surface area contributed by atoms with Crippen molar-refractivity contribution in [2.24, 2.45) is 0 Å². The zero-order valence-corrected chi connectivity index (χ0v) is 39.5. The molecule has 0 aliphatic rings. The van der Waals surface area contributed by atoms with Gasteiger partial charge in [0.05, 0.1) is 16.7 Å². The van der Waals surface area contributed by atoms with Crippen LogP contribution in [0.4, 0.5) is 17.1 Å². The molecule has 14 aromatic rings. The molecule has 0 N–H and O–H groups in total. The molecule has 12 aromatic carbocycles. The van der Waals surface area contributed by atoms with Gasteiger partial charge in [0.25, 0.3) is 0 Å². The van der Waals surface area contributed by atoms with E-state index in [1.165, 1.54) is 102 Å². The Balaban J connectivity index is 0.845. The second-order valence-corrected chi connectivity index (χ2v) is 19.5. The summed E-state index contributed by atoms with van der Waals surface area (Å²) in [7, 11) is 0. The first-order valence-electron chi connectivity index (χ1n) is 24.3. The molecule has 0 aliphatic heterocycles. The SMILES string of the molecule is c1cc(-c2ccc(N(c3ccc(-c4ccc5c(c4)sc4c6ccccc6ccc54)cc3)c3ccc(-c4ccccc4-n4c5ccccc5c5ccccc54)cc3)cc2)cc(-c2cccc3ccccc23)c1. The summed E-state index contributed by atoms with van der Waals surface area (Å²) in [4.78, 5) is 2.38. The van der Waals surface area contributed by atoms with E-state index in [0.717, 1.165) is 28.3 Å². The molecule has 0 spiro atoms. The van der Waals surface area contributed by atoms with Crippen LogP contribution in [-0.2, 0) is 0 Å². The van der Waals surface area contributed by atoms with Crippen LogP contribution in [-0.4, -0.2) is 4.57 Å². The van der Waals surface area contributed by atoms with Gasteiger partial charge in [-0.2, -0.15) is 0 Å². The lowest BCUT2D eigenvalue weighted by Gasteiger charge is -2.26. The van der Waals surface area contributed by atoms with Crippen molar-refractivity contribution in [3.8, 4) is 50.2 Å². The van der Waals surface area contributed by atoms with Crippen LogP contribution in [0.1, 0.15) is 0 Å². The number of anilines is 3. The van der Waals surface area contributed by atoms with E-state index in [9.17, 15) is 0 Å². The highest BCUT2D eigenvalue weighted by molar-refractivity contribution is 7.26. The van der Waals surface area contributed by atoms with Crippen LogP contribution < -0.4 is 4.90 Å². The number of hydrogen-bond donors (Lipinski definition) is 0. The lowest BCUT2D eigenvalue weighted by atomic mass is 9.95. The summed E-state index contributed by atoms with van der Waals surface area (Å²) in [6.45, 7) is 0. The van der Waals surface area contributed by atoms with Crippen LogP contribution in [0.15, 0.2) is 267 Å². The maximum Gasteiger partial charge on any atom is 0.0541 e. The average Bonchev–Trinajstić information content (AvgIpc) is 3.99. The first kappa shape index (κ1) is 41.0. The second kappa shape index (κ2) is 16.9. The molecular formula is C68H44N2S. The normalized spacial score (nSPS) is 11.7. The van der Waals surface area contributed by atoms with Gasteiger partial charge in [-0.3, -0.25) is 0 Å². The zero-order valence-electron chi connectivity index (χ0n) is 38.7. The monoisotopic (exact) mass is 920 g/mol. The third kappa shape index (κ3) is 7.01. The van der Waals surface area contributed by atoms with Crippen LogP contribution in [0.25, 0.3) is 114 Å². The Kier molecular flexibility index (Phi) is 9.75. The van der Waals surface area contributed by atoms with E-state index >= 15 is 0 Å². The third-order valence-electron chi connectivity index (χ3n) is 14.4. The van der Waals surface area contributed by atoms with Crippen molar-refractivity contribution in [1.29, 1.82) is 0 Å². The summed E-state index contributed by atoms with van der Waals surface area (Å²) in [5.74, 6) is 0. The van der Waals surface area contributed by atoms with E-state index in [4.69, 9.17) is 0 Å². The minimum absolute atomic E-state index is 1.08. The van der Waals surface area contributed by atoms with Crippen LogP contribution in [0.5, 0.6) is 0 Å². The standard InChI is InChI=1S/C68H44N2S/c1-3-18-56-47(13-1)15-12-23-57(56)52-17-11-16-50(43-52)45-27-35-53(36-28-45)69(54-37-29-46(30-38-54)51-34-41-62-63-42-33-48-14-2-4-20-59(48)68(63)71-67(62)44-51)55-39-31-49(32-40-55)58-19-5-8-24-64(58)70-65-25-9-6-21-60(65)61-22-7-10-26-66(61)70/h1-44H. The Labute approximate surface area is 416 Å². The van der Waals surface area contributed by atoms with E-state index < -0.39 is 0 Å². The molecule has 0 bridgehead atoms. The summed E-state index contributed by atoms with van der Waals surface area (Å²) < 4.78 is 5.08. The Morgan fingerprint density at radius 2 is 0.761 bits per heavy atom. The molecule has 14 rings (SSSR count). The maximum atomic E-state index is 2.42. The van der Waals surface area contributed by atoms with Crippen molar-refractivity contribution >= 4 is 91.9 Å². The van der Waals surface area contributed by atoms with Crippen LogP contribution in [0.3, 0.4) is 0 Å². The Morgan fingerprint density at radius 1 is 0.282 bits per heavy atom. The van der Waals surface area contributed by atoms with Gasteiger partial charge < -0.3 is 9.47 Å². The number of nitrogens with zero attached hydrogens (tertiary/aromatic N) is 2. The first-order chi connectivity index (χ1) is 35.2. The first-order valence-corrected chi connectivity index (χ1v) is 25.1. The van der Waals surface area contributed by atoms with Crippen molar-refractivity contribution in [1.82, 2.24) is 4.57 Å².